The molecule has 4 heterocycles. The zero-order valence-corrected chi connectivity index (χ0v) is 11.9. The van der Waals surface area contributed by atoms with E-state index in [0.717, 1.165) is 35.5 Å². The number of hydrogen-bond acceptors (Lipinski definition) is 6. The number of ether oxygens (including phenoxy) is 1. The Morgan fingerprint density at radius 2 is 2.23 bits per heavy atom. The Bertz CT molecular complexity index is 795. The van der Waals surface area contributed by atoms with Crippen LogP contribution in [0.1, 0.15) is 6.42 Å². The van der Waals surface area contributed by atoms with Gasteiger partial charge in [-0.2, -0.15) is 5.10 Å². The van der Waals surface area contributed by atoms with Gasteiger partial charge < -0.3 is 15.8 Å². The van der Waals surface area contributed by atoms with Crippen molar-refractivity contribution in [3.8, 4) is 11.4 Å². The van der Waals surface area contributed by atoms with Gasteiger partial charge >= 0.3 is 0 Å². The number of aromatic nitrogens is 4. The second-order valence-electron chi connectivity index (χ2n) is 5.34. The Kier molecular flexibility index (Phi) is 3.12. The minimum absolute atomic E-state index is 0.303. The maximum atomic E-state index is 5.93. The van der Waals surface area contributed by atoms with Crippen LogP contribution in [0.3, 0.4) is 0 Å². The zero-order chi connectivity index (χ0) is 14.9. The van der Waals surface area contributed by atoms with Gasteiger partial charge in [-0.3, -0.25) is 5.10 Å². The molecule has 4 N–H and O–H groups in total. The first-order chi connectivity index (χ1) is 10.8. The fraction of sp³-hybridized carbons (Fsp3) is 0.267. The van der Waals surface area contributed by atoms with Gasteiger partial charge in [0.15, 0.2) is 5.65 Å². The van der Waals surface area contributed by atoms with E-state index in [9.17, 15) is 0 Å². The van der Waals surface area contributed by atoms with Gasteiger partial charge in [-0.05, 0) is 24.6 Å². The summed E-state index contributed by atoms with van der Waals surface area (Å²) < 4.78 is 5.40. The molecule has 1 atom stereocenters. The van der Waals surface area contributed by atoms with E-state index in [1.165, 1.54) is 0 Å². The monoisotopic (exact) mass is 296 g/mol. The van der Waals surface area contributed by atoms with E-state index in [-0.39, 0.29) is 0 Å². The standard InChI is InChI=1S/C15H16N6O/c16-14-7-13(18-9-4-6-22-8-9)10-1-2-11(19-15(10)20-14)12-3-5-17-21-12/h1-3,5,7,9H,4,6,8H2,(H,17,21)(H3,16,18,19,20)/t9-/m0/s1. The van der Waals surface area contributed by atoms with Gasteiger partial charge in [0, 0.05) is 29.9 Å². The Labute approximate surface area is 126 Å². The van der Waals surface area contributed by atoms with Crippen molar-refractivity contribution in [2.24, 2.45) is 0 Å². The Balaban J connectivity index is 1.77. The number of nitrogens with two attached hydrogens (primary N) is 1. The predicted octanol–water partition coefficient (Wildman–Crippen LogP) is 1.80. The Hall–Kier alpha value is -2.67. The summed E-state index contributed by atoms with van der Waals surface area (Å²) in [5.74, 6) is 0.447. The largest absolute Gasteiger partial charge is 0.384 e. The van der Waals surface area contributed by atoms with E-state index in [4.69, 9.17) is 10.5 Å². The summed E-state index contributed by atoms with van der Waals surface area (Å²) in [6.45, 7) is 1.50. The number of nitrogens with one attached hydrogen (secondary N) is 2. The number of aromatic amines is 1. The van der Waals surface area contributed by atoms with Crippen LogP contribution in [0.5, 0.6) is 0 Å². The average Bonchev–Trinajstić information content (AvgIpc) is 3.20. The molecule has 3 aromatic heterocycles. The molecule has 7 heteroatoms. The molecule has 0 amide bonds. The molecule has 1 aliphatic heterocycles. The lowest BCUT2D eigenvalue weighted by atomic mass is 10.1. The molecule has 0 radical (unpaired) electrons. The topological polar surface area (TPSA) is 102 Å². The van der Waals surface area contributed by atoms with Crippen molar-refractivity contribution >= 4 is 22.5 Å². The Morgan fingerprint density at radius 3 is 3.00 bits per heavy atom. The number of anilines is 2. The van der Waals surface area contributed by atoms with E-state index in [1.807, 2.05) is 24.3 Å². The van der Waals surface area contributed by atoms with Crippen molar-refractivity contribution in [1.82, 2.24) is 20.2 Å². The van der Waals surface area contributed by atoms with Crippen LogP contribution in [0.15, 0.2) is 30.5 Å². The van der Waals surface area contributed by atoms with Gasteiger partial charge in [0.2, 0.25) is 0 Å². The SMILES string of the molecule is Nc1cc(N[C@H]2CCOC2)c2ccc(-c3ccn[nH]3)nc2n1. The highest BCUT2D eigenvalue weighted by atomic mass is 16.5. The number of nitrogen functional groups attached to an aromatic ring is 1. The molecule has 0 bridgehead atoms. The molecule has 0 aliphatic carbocycles. The summed E-state index contributed by atoms with van der Waals surface area (Å²) in [7, 11) is 0. The molecule has 112 valence electrons. The lowest BCUT2D eigenvalue weighted by Gasteiger charge is -2.15. The smallest absolute Gasteiger partial charge is 0.164 e. The van der Waals surface area contributed by atoms with Crippen molar-refractivity contribution in [3.05, 3.63) is 30.5 Å². The highest BCUT2D eigenvalue weighted by Crippen LogP contribution is 2.27. The highest BCUT2D eigenvalue weighted by molar-refractivity contribution is 5.91. The number of fused-ring (bicyclic) bond motifs is 1. The number of hydrogen-bond donors (Lipinski definition) is 3. The van der Waals surface area contributed by atoms with E-state index in [0.29, 0.717) is 24.1 Å². The van der Waals surface area contributed by atoms with Crippen molar-refractivity contribution in [2.45, 2.75) is 12.5 Å². The lowest BCUT2D eigenvalue weighted by molar-refractivity contribution is 0.195. The summed E-state index contributed by atoms with van der Waals surface area (Å²) in [6.07, 6.45) is 2.68. The molecule has 0 saturated carbocycles. The first-order valence-electron chi connectivity index (χ1n) is 7.21. The number of H-pyrrole nitrogens is 1. The van der Waals surface area contributed by atoms with Crippen LogP contribution in [0.4, 0.5) is 11.5 Å². The molecule has 7 nitrogen and oxygen atoms in total. The molecule has 0 aromatic carbocycles. The molecular formula is C15H16N6O. The van der Waals surface area contributed by atoms with Crippen LogP contribution in [0, 0.1) is 0 Å². The van der Waals surface area contributed by atoms with Crippen LogP contribution in [-0.2, 0) is 4.74 Å². The second kappa shape index (κ2) is 5.27. The lowest BCUT2D eigenvalue weighted by Crippen LogP contribution is -2.19. The highest BCUT2D eigenvalue weighted by Gasteiger charge is 2.17. The molecular weight excluding hydrogens is 280 g/mol. The van der Waals surface area contributed by atoms with Crippen LogP contribution < -0.4 is 11.1 Å². The summed E-state index contributed by atoms with van der Waals surface area (Å²) in [4.78, 5) is 8.92. The quantitative estimate of drug-likeness (QED) is 0.681. The van der Waals surface area contributed by atoms with Gasteiger partial charge in [-0.1, -0.05) is 0 Å². The van der Waals surface area contributed by atoms with Gasteiger partial charge in [0.05, 0.1) is 24.0 Å². The Morgan fingerprint density at radius 1 is 1.27 bits per heavy atom. The predicted molar refractivity (Wildman–Crippen MR) is 84.4 cm³/mol. The van der Waals surface area contributed by atoms with Gasteiger partial charge in [0.25, 0.3) is 0 Å². The third-order valence-electron chi connectivity index (χ3n) is 3.76. The van der Waals surface area contributed by atoms with Crippen LogP contribution in [0.25, 0.3) is 22.4 Å². The minimum atomic E-state index is 0.303. The normalized spacial score (nSPS) is 17.9. The zero-order valence-electron chi connectivity index (χ0n) is 11.9. The molecule has 1 saturated heterocycles. The fourth-order valence-corrected chi connectivity index (χ4v) is 2.66. The number of nitrogens with zero attached hydrogens (tertiary/aromatic N) is 3. The van der Waals surface area contributed by atoms with Crippen molar-refractivity contribution in [2.75, 3.05) is 24.3 Å². The van der Waals surface area contributed by atoms with Gasteiger partial charge in [-0.25, -0.2) is 9.97 Å². The van der Waals surface area contributed by atoms with E-state index in [2.05, 4.69) is 25.5 Å². The van der Waals surface area contributed by atoms with Crippen LogP contribution in [-0.4, -0.2) is 39.4 Å². The molecule has 22 heavy (non-hydrogen) atoms. The summed E-state index contributed by atoms with van der Waals surface area (Å²) in [6, 6.07) is 7.97. The summed E-state index contributed by atoms with van der Waals surface area (Å²) >= 11 is 0. The average molecular weight is 296 g/mol. The molecule has 1 fully saturated rings. The van der Waals surface area contributed by atoms with Crippen molar-refractivity contribution < 1.29 is 4.74 Å². The third kappa shape index (κ3) is 2.35. The minimum Gasteiger partial charge on any atom is -0.384 e. The number of rotatable bonds is 3. The van der Waals surface area contributed by atoms with Crippen molar-refractivity contribution in [1.29, 1.82) is 0 Å². The third-order valence-corrected chi connectivity index (χ3v) is 3.76. The molecule has 0 spiro atoms. The first kappa shape index (κ1) is 13.0. The fourth-order valence-electron chi connectivity index (χ4n) is 2.66. The van der Waals surface area contributed by atoms with Crippen LogP contribution in [0.2, 0.25) is 0 Å². The molecule has 4 rings (SSSR count). The van der Waals surface area contributed by atoms with E-state index in [1.54, 1.807) is 6.20 Å². The maximum absolute atomic E-state index is 5.93. The molecule has 3 aromatic rings. The summed E-state index contributed by atoms with van der Waals surface area (Å²) in [5.41, 5.74) is 9.13. The maximum Gasteiger partial charge on any atom is 0.164 e. The van der Waals surface area contributed by atoms with Gasteiger partial charge in [-0.15, -0.1) is 0 Å². The second-order valence-corrected chi connectivity index (χ2v) is 5.34. The van der Waals surface area contributed by atoms with E-state index >= 15 is 0 Å². The van der Waals surface area contributed by atoms with Crippen LogP contribution >= 0.6 is 0 Å². The number of pyridine rings is 2. The molecule has 0 unspecified atom stereocenters. The van der Waals surface area contributed by atoms with Crippen molar-refractivity contribution in [3.63, 3.8) is 0 Å². The summed E-state index contributed by atoms with van der Waals surface area (Å²) in [5, 5.41) is 11.3. The van der Waals surface area contributed by atoms with Gasteiger partial charge in [0.1, 0.15) is 5.82 Å². The first-order valence-corrected chi connectivity index (χ1v) is 7.21. The van der Waals surface area contributed by atoms with E-state index < -0.39 is 0 Å². The molecule has 1 aliphatic rings.